The molecule has 0 amide bonds. The lowest BCUT2D eigenvalue weighted by Crippen LogP contribution is -2.32. The molecule has 0 aromatic carbocycles. The average molecular weight is 390 g/mol. The largest absolute Gasteiger partial charge is 0.394 e. The first kappa shape index (κ1) is 26.8. The highest BCUT2D eigenvalue weighted by atomic mass is 16.5. The van der Waals surface area contributed by atoms with Crippen LogP contribution in [0.4, 0.5) is 0 Å². The SMILES string of the molecule is CCCCCCCCCCCCCCCOCC(O)CNCCOCCO. The van der Waals surface area contributed by atoms with E-state index in [0.717, 1.165) is 13.0 Å². The van der Waals surface area contributed by atoms with Crippen LogP contribution in [0.5, 0.6) is 0 Å². The number of aliphatic hydroxyl groups is 2. The zero-order valence-electron chi connectivity index (χ0n) is 17.9. The molecule has 0 saturated carbocycles. The van der Waals surface area contributed by atoms with Gasteiger partial charge in [0.2, 0.25) is 0 Å². The Kier molecular flexibility index (Phi) is 23.7. The Hall–Kier alpha value is -0.200. The van der Waals surface area contributed by atoms with Crippen LogP contribution in [0.15, 0.2) is 0 Å². The van der Waals surface area contributed by atoms with Gasteiger partial charge in [0.1, 0.15) is 0 Å². The lowest BCUT2D eigenvalue weighted by atomic mass is 10.0. The second-order valence-corrected chi connectivity index (χ2v) is 7.51. The Bertz CT molecular complexity index is 267. The van der Waals surface area contributed by atoms with Crippen molar-refractivity contribution in [3.8, 4) is 0 Å². The Morgan fingerprint density at radius 2 is 1.26 bits per heavy atom. The van der Waals surface area contributed by atoms with Gasteiger partial charge in [-0.05, 0) is 6.42 Å². The lowest BCUT2D eigenvalue weighted by Gasteiger charge is -2.12. The normalized spacial score (nSPS) is 12.6. The molecule has 1 unspecified atom stereocenters. The van der Waals surface area contributed by atoms with Crippen molar-refractivity contribution in [3.63, 3.8) is 0 Å². The summed E-state index contributed by atoms with van der Waals surface area (Å²) in [6.45, 7) is 5.57. The van der Waals surface area contributed by atoms with E-state index >= 15 is 0 Å². The third-order valence-corrected chi connectivity index (χ3v) is 4.74. The summed E-state index contributed by atoms with van der Waals surface area (Å²) in [7, 11) is 0. The summed E-state index contributed by atoms with van der Waals surface area (Å²) < 4.78 is 10.7. The number of nitrogens with one attached hydrogen (secondary N) is 1. The van der Waals surface area contributed by atoms with Gasteiger partial charge in [-0.2, -0.15) is 0 Å². The van der Waals surface area contributed by atoms with E-state index in [1.807, 2.05) is 0 Å². The molecule has 0 aliphatic heterocycles. The Labute approximate surface area is 168 Å². The third-order valence-electron chi connectivity index (χ3n) is 4.74. The molecule has 0 aromatic rings. The molecule has 0 fully saturated rings. The van der Waals surface area contributed by atoms with E-state index in [1.54, 1.807) is 0 Å². The molecule has 164 valence electrons. The van der Waals surface area contributed by atoms with Crippen molar-refractivity contribution in [3.05, 3.63) is 0 Å². The molecule has 0 saturated heterocycles. The number of hydrogen-bond acceptors (Lipinski definition) is 5. The van der Waals surface area contributed by atoms with E-state index < -0.39 is 6.10 Å². The topological polar surface area (TPSA) is 71.0 Å². The van der Waals surface area contributed by atoms with Crippen molar-refractivity contribution in [1.29, 1.82) is 0 Å². The van der Waals surface area contributed by atoms with Crippen LogP contribution in [-0.4, -0.2) is 62.4 Å². The van der Waals surface area contributed by atoms with Crippen LogP contribution in [-0.2, 0) is 9.47 Å². The van der Waals surface area contributed by atoms with Gasteiger partial charge in [-0.1, -0.05) is 84.0 Å². The molecule has 5 heteroatoms. The maximum absolute atomic E-state index is 9.79. The van der Waals surface area contributed by atoms with Crippen LogP contribution in [0, 0.1) is 0 Å². The van der Waals surface area contributed by atoms with E-state index in [-0.39, 0.29) is 6.61 Å². The molecule has 5 nitrogen and oxygen atoms in total. The van der Waals surface area contributed by atoms with Gasteiger partial charge in [-0.25, -0.2) is 0 Å². The van der Waals surface area contributed by atoms with E-state index in [1.165, 1.54) is 77.0 Å². The number of unbranched alkanes of at least 4 members (excludes halogenated alkanes) is 12. The highest BCUT2D eigenvalue weighted by molar-refractivity contribution is 4.58. The first-order valence-electron chi connectivity index (χ1n) is 11.5. The van der Waals surface area contributed by atoms with Gasteiger partial charge in [0, 0.05) is 19.7 Å². The minimum atomic E-state index is -0.468. The summed E-state index contributed by atoms with van der Waals surface area (Å²) in [6.07, 6.45) is 17.1. The van der Waals surface area contributed by atoms with Crippen LogP contribution in [0.2, 0.25) is 0 Å². The molecule has 0 aromatic heterocycles. The predicted octanol–water partition coefficient (Wildman–Crippen LogP) is 4.05. The minimum Gasteiger partial charge on any atom is -0.394 e. The van der Waals surface area contributed by atoms with Gasteiger partial charge in [0.15, 0.2) is 0 Å². The zero-order chi connectivity index (χ0) is 19.8. The summed E-state index contributed by atoms with van der Waals surface area (Å²) in [5, 5.41) is 21.5. The molecule has 0 rings (SSSR count). The smallest absolute Gasteiger partial charge is 0.0897 e. The standard InChI is InChI=1S/C22H47NO4/c1-2-3-4-5-6-7-8-9-10-11-12-13-14-17-27-21-22(25)20-23-15-18-26-19-16-24/h22-25H,2-21H2,1H3. The molecule has 0 spiro atoms. The van der Waals surface area contributed by atoms with E-state index in [9.17, 15) is 5.11 Å². The maximum atomic E-state index is 9.79. The third kappa shape index (κ3) is 23.8. The van der Waals surface area contributed by atoms with E-state index in [0.29, 0.717) is 32.9 Å². The van der Waals surface area contributed by atoms with Crippen molar-refractivity contribution >= 4 is 0 Å². The Balaban J connectivity index is 3.09. The van der Waals surface area contributed by atoms with Gasteiger partial charge in [0.05, 0.1) is 32.5 Å². The molecular formula is C22H47NO4. The van der Waals surface area contributed by atoms with Gasteiger partial charge in [-0.15, -0.1) is 0 Å². The molecule has 0 bridgehead atoms. The van der Waals surface area contributed by atoms with Gasteiger partial charge < -0.3 is 25.0 Å². The summed E-state index contributed by atoms with van der Waals surface area (Å²) in [4.78, 5) is 0. The highest BCUT2D eigenvalue weighted by Gasteiger charge is 2.03. The number of hydrogen-bond donors (Lipinski definition) is 3. The fraction of sp³-hybridized carbons (Fsp3) is 1.00. The summed E-state index contributed by atoms with van der Waals surface area (Å²) in [5.41, 5.74) is 0. The number of rotatable bonds is 23. The Morgan fingerprint density at radius 3 is 1.81 bits per heavy atom. The van der Waals surface area contributed by atoms with Crippen molar-refractivity contribution in [1.82, 2.24) is 5.32 Å². The van der Waals surface area contributed by atoms with Crippen LogP contribution in [0.3, 0.4) is 0 Å². The predicted molar refractivity (Wildman–Crippen MR) is 113 cm³/mol. The molecular weight excluding hydrogens is 342 g/mol. The number of ether oxygens (including phenoxy) is 2. The lowest BCUT2D eigenvalue weighted by molar-refractivity contribution is 0.0336. The highest BCUT2D eigenvalue weighted by Crippen LogP contribution is 2.12. The molecule has 3 N–H and O–H groups in total. The van der Waals surface area contributed by atoms with Gasteiger partial charge in [0.25, 0.3) is 0 Å². The second-order valence-electron chi connectivity index (χ2n) is 7.51. The quantitative estimate of drug-likeness (QED) is 0.230. The minimum absolute atomic E-state index is 0.0512. The van der Waals surface area contributed by atoms with Gasteiger partial charge in [-0.3, -0.25) is 0 Å². The van der Waals surface area contributed by atoms with Crippen LogP contribution in [0.1, 0.15) is 90.4 Å². The van der Waals surface area contributed by atoms with Crippen molar-refractivity contribution in [2.45, 2.75) is 96.5 Å². The van der Waals surface area contributed by atoms with Crippen LogP contribution < -0.4 is 5.32 Å². The summed E-state index contributed by atoms with van der Waals surface area (Å²) in [5.74, 6) is 0. The molecule has 0 aliphatic carbocycles. The first-order valence-corrected chi connectivity index (χ1v) is 11.5. The van der Waals surface area contributed by atoms with Crippen LogP contribution >= 0.6 is 0 Å². The molecule has 27 heavy (non-hydrogen) atoms. The molecule has 1 atom stereocenters. The molecule has 0 aliphatic rings. The van der Waals surface area contributed by atoms with E-state index in [2.05, 4.69) is 12.2 Å². The maximum Gasteiger partial charge on any atom is 0.0897 e. The fourth-order valence-corrected chi connectivity index (χ4v) is 3.08. The van der Waals surface area contributed by atoms with Gasteiger partial charge >= 0.3 is 0 Å². The summed E-state index contributed by atoms with van der Waals surface area (Å²) >= 11 is 0. The van der Waals surface area contributed by atoms with Crippen molar-refractivity contribution in [2.75, 3.05) is 46.1 Å². The molecule has 0 heterocycles. The summed E-state index contributed by atoms with van der Waals surface area (Å²) in [6, 6.07) is 0. The van der Waals surface area contributed by atoms with Crippen molar-refractivity contribution in [2.24, 2.45) is 0 Å². The first-order chi connectivity index (χ1) is 13.3. The number of aliphatic hydroxyl groups excluding tert-OH is 2. The van der Waals surface area contributed by atoms with E-state index in [4.69, 9.17) is 14.6 Å². The fourth-order valence-electron chi connectivity index (χ4n) is 3.08. The van der Waals surface area contributed by atoms with Crippen molar-refractivity contribution < 1.29 is 19.7 Å². The van der Waals surface area contributed by atoms with Crippen LogP contribution in [0.25, 0.3) is 0 Å². The molecule has 0 radical (unpaired) electrons. The Morgan fingerprint density at radius 1 is 0.704 bits per heavy atom. The monoisotopic (exact) mass is 389 g/mol. The zero-order valence-corrected chi connectivity index (χ0v) is 17.9. The average Bonchev–Trinajstić information content (AvgIpc) is 2.67. The second kappa shape index (κ2) is 23.8.